The third-order valence-electron chi connectivity index (χ3n) is 4.23. The lowest BCUT2D eigenvalue weighted by Gasteiger charge is -2.19. The van der Waals surface area contributed by atoms with Gasteiger partial charge < -0.3 is 4.90 Å². The van der Waals surface area contributed by atoms with Crippen LogP contribution in [0.2, 0.25) is 10.0 Å². The summed E-state index contributed by atoms with van der Waals surface area (Å²) in [7, 11) is -3.78. The van der Waals surface area contributed by atoms with Gasteiger partial charge in [0, 0.05) is 25.3 Å². The molecule has 0 unspecified atom stereocenters. The van der Waals surface area contributed by atoms with Crippen LogP contribution < -0.4 is 9.62 Å². The summed E-state index contributed by atoms with van der Waals surface area (Å²) in [6.45, 7) is 1.79. The smallest absolute Gasteiger partial charge is 0.243 e. The molecule has 25 heavy (non-hydrogen) atoms. The maximum absolute atomic E-state index is 13.0. The number of sulfonamides is 1. The standard InChI is InChI=1S/C17H17Cl2FN2O2S/c18-15-2-1-3-16(19)17(15)25(23,24)21-10-12-8-9-22(11-12)14-6-4-13(20)5-7-14/h1-7,12,21H,8-11H2/t12-/m1/s1. The van der Waals surface area contributed by atoms with Crippen LogP contribution in [0.5, 0.6) is 0 Å². The number of nitrogens with one attached hydrogen (secondary N) is 1. The van der Waals surface area contributed by atoms with Gasteiger partial charge in [0.2, 0.25) is 10.0 Å². The van der Waals surface area contributed by atoms with Crippen LogP contribution in [0.15, 0.2) is 47.4 Å². The number of halogens is 3. The van der Waals surface area contributed by atoms with Gasteiger partial charge in [0.25, 0.3) is 0 Å². The molecule has 2 aromatic rings. The normalized spacial score (nSPS) is 17.9. The summed E-state index contributed by atoms with van der Waals surface area (Å²) in [6.07, 6.45) is 0.843. The molecule has 0 aromatic heterocycles. The SMILES string of the molecule is O=S(=O)(NC[C@H]1CCN(c2ccc(F)cc2)C1)c1c(Cl)cccc1Cl. The minimum atomic E-state index is -3.78. The second kappa shape index (κ2) is 7.50. The van der Waals surface area contributed by atoms with Crippen LogP contribution in [-0.4, -0.2) is 28.1 Å². The summed E-state index contributed by atoms with van der Waals surface area (Å²) in [5, 5.41) is 0.193. The Labute approximate surface area is 156 Å². The maximum Gasteiger partial charge on any atom is 0.243 e. The number of rotatable bonds is 5. The average Bonchev–Trinajstić information content (AvgIpc) is 3.02. The van der Waals surface area contributed by atoms with Gasteiger partial charge in [-0.15, -0.1) is 0 Å². The lowest BCUT2D eigenvalue weighted by Crippen LogP contribution is -2.31. The summed E-state index contributed by atoms with van der Waals surface area (Å²) in [6, 6.07) is 10.9. The van der Waals surface area contributed by atoms with Gasteiger partial charge in [-0.2, -0.15) is 0 Å². The molecule has 0 amide bonds. The Bertz CT molecular complexity index is 839. The van der Waals surface area contributed by atoms with E-state index in [1.807, 2.05) is 0 Å². The van der Waals surface area contributed by atoms with Crippen LogP contribution in [0, 0.1) is 11.7 Å². The first-order valence-electron chi connectivity index (χ1n) is 7.81. The molecular formula is C17H17Cl2FN2O2S. The summed E-state index contributed by atoms with van der Waals surface area (Å²) < 4.78 is 40.6. The van der Waals surface area contributed by atoms with Crippen molar-refractivity contribution in [2.75, 3.05) is 24.5 Å². The molecule has 0 radical (unpaired) electrons. The van der Waals surface area contributed by atoms with Crippen LogP contribution in [-0.2, 0) is 10.0 Å². The molecular weight excluding hydrogens is 386 g/mol. The predicted molar refractivity (Wildman–Crippen MR) is 98.4 cm³/mol. The van der Waals surface area contributed by atoms with Crippen molar-refractivity contribution in [2.45, 2.75) is 11.3 Å². The Hall–Kier alpha value is -1.34. The molecule has 1 aliphatic heterocycles. The highest BCUT2D eigenvalue weighted by atomic mass is 35.5. The summed E-state index contributed by atoms with van der Waals surface area (Å²) in [5.41, 5.74) is 0.931. The number of nitrogens with zero attached hydrogens (tertiary/aromatic N) is 1. The van der Waals surface area contributed by atoms with Crippen molar-refractivity contribution in [3.8, 4) is 0 Å². The van der Waals surface area contributed by atoms with Gasteiger partial charge in [-0.25, -0.2) is 17.5 Å². The molecule has 134 valence electrons. The highest BCUT2D eigenvalue weighted by molar-refractivity contribution is 7.89. The monoisotopic (exact) mass is 402 g/mol. The van der Waals surface area contributed by atoms with E-state index in [1.54, 1.807) is 18.2 Å². The van der Waals surface area contributed by atoms with Gasteiger partial charge in [0.15, 0.2) is 0 Å². The fourth-order valence-corrected chi connectivity index (χ4v) is 5.18. The lowest BCUT2D eigenvalue weighted by molar-refractivity contribution is 0.541. The van der Waals surface area contributed by atoms with Crippen molar-refractivity contribution in [3.63, 3.8) is 0 Å². The molecule has 8 heteroatoms. The molecule has 0 spiro atoms. The van der Waals surface area contributed by atoms with Crippen molar-refractivity contribution in [3.05, 3.63) is 58.3 Å². The largest absolute Gasteiger partial charge is 0.371 e. The zero-order valence-electron chi connectivity index (χ0n) is 13.3. The van der Waals surface area contributed by atoms with Crippen molar-refractivity contribution in [2.24, 2.45) is 5.92 Å². The fourth-order valence-electron chi connectivity index (χ4n) is 2.92. The van der Waals surface area contributed by atoms with E-state index in [1.165, 1.54) is 24.3 Å². The number of benzene rings is 2. The van der Waals surface area contributed by atoms with E-state index < -0.39 is 10.0 Å². The molecule has 1 heterocycles. The Morgan fingerprint density at radius 1 is 1.12 bits per heavy atom. The van der Waals surface area contributed by atoms with E-state index in [0.29, 0.717) is 13.1 Å². The van der Waals surface area contributed by atoms with Gasteiger partial charge in [0.1, 0.15) is 10.7 Å². The molecule has 1 saturated heterocycles. The van der Waals surface area contributed by atoms with Gasteiger partial charge in [-0.3, -0.25) is 0 Å². The first-order chi connectivity index (χ1) is 11.9. The van der Waals surface area contributed by atoms with Crippen molar-refractivity contribution in [1.29, 1.82) is 0 Å². The molecule has 4 nitrogen and oxygen atoms in total. The maximum atomic E-state index is 13.0. The van der Waals surface area contributed by atoms with Gasteiger partial charge in [0.05, 0.1) is 10.0 Å². The number of hydrogen-bond acceptors (Lipinski definition) is 3. The quantitative estimate of drug-likeness (QED) is 0.823. The van der Waals surface area contributed by atoms with Gasteiger partial charge in [-0.05, 0) is 48.7 Å². The Kier molecular flexibility index (Phi) is 5.53. The lowest BCUT2D eigenvalue weighted by atomic mass is 10.1. The number of anilines is 1. The zero-order chi connectivity index (χ0) is 18.0. The molecule has 1 N–H and O–H groups in total. The third-order valence-corrected chi connectivity index (χ3v) is 6.61. The highest BCUT2D eigenvalue weighted by Crippen LogP contribution is 2.29. The number of hydrogen-bond donors (Lipinski definition) is 1. The molecule has 1 aliphatic rings. The van der Waals surface area contributed by atoms with E-state index in [4.69, 9.17) is 23.2 Å². The minimum absolute atomic E-state index is 0.0910. The molecule has 1 atom stereocenters. The second-order valence-corrected chi connectivity index (χ2v) is 8.50. The Morgan fingerprint density at radius 2 is 1.76 bits per heavy atom. The van der Waals surface area contributed by atoms with Crippen molar-refractivity contribution >= 4 is 38.9 Å². The van der Waals surface area contributed by atoms with Gasteiger partial charge in [-0.1, -0.05) is 29.3 Å². The van der Waals surface area contributed by atoms with Gasteiger partial charge >= 0.3 is 0 Å². The molecule has 2 aromatic carbocycles. The first-order valence-corrected chi connectivity index (χ1v) is 10.0. The molecule has 0 aliphatic carbocycles. The van der Waals surface area contributed by atoms with Crippen LogP contribution in [0.3, 0.4) is 0 Å². The second-order valence-electron chi connectivity index (χ2n) is 5.98. The van der Waals surface area contributed by atoms with Crippen LogP contribution in [0.25, 0.3) is 0 Å². The van der Waals surface area contributed by atoms with E-state index >= 15 is 0 Å². The fraction of sp³-hybridized carbons (Fsp3) is 0.294. The molecule has 0 bridgehead atoms. The van der Waals surface area contributed by atoms with E-state index in [0.717, 1.165) is 18.7 Å². The zero-order valence-corrected chi connectivity index (χ0v) is 15.6. The predicted octanol–water partition coefficient (Wildman–Crippen LogP) is 3.94. The molecule has 1 fully saturated rings. The summed E-state index contributed by atoms with van der Waals surface area (Å²) in [5.74, 6) is -0.120. The van der Waals surface area contributed by atoms with E-state index in [2.05, 4.69) is 9.62 Å². The average molecular weight is 403 g/mol. The Morgan fingerprint density at radius 3 is 2.40 bits per heavy atom. The third kappa shape index (κ3) is 4.26. The van der Waals surface area contributed by atoms with E-state index in [9.17, 15) is 12.8 Å². The molecule has 3 rings (SSSR count). The highest BCUT2D eigenvalue weighted by Gasteiger charge is 2.26. The molecule has 0 saturated carbocycles. The van der Waals surface area contributed by atoms with Crippen LogP contribution >= 0.6 is 23.2 Å². The minimum Gasteiger partial charge on any atom is -0.371 e. The van der Waals surface area contributed by atoms with Crippen LogP contribution in [0.1, 0.15) is 6.42 Å². The summed E-state index contributed by atoms with van der Waals surface area (Å²) in [4.78, 5) is 2.02. The van der Waals surface area contributed by atoms with Crippen molar-refractivity contribution < 1.29 is 12.8 Å². The van der Waals surface area contributed by atoms with E-state index in [-0.39, 0.29) is 26.7 Å². The first kappa shape index (κ1) is 18.5. The van der Waals surface area contributed by atoms with Crippen LogP contribution in [0.4, 0.5) is 10.1 Å². The van der Waals surface area contributed by atoms with Crippen molar-refractivity contribution in [1.82, 2.24) is 4.72 Å². The Balaban J connectivity index is 1.63. The topological polar surface area (TPSA) is 49.4 Å². The summed E-state index contributed by atoms with van der Waals surface area (Å²) >= 11 is 12.0.